The summed E-state index contributed by atoms with van der Waals surface area (Å²) in [5.74, 6) is 0. The lowest BCUT2D eigenvalue weighted by molar-refractivity contribution is 0.0748. The number of piperidine rings is 1. The van der Waals surface area contributed by atoms with E-state index >= 15 is 0 Å². The van der Waals surface area contributed by atoms with Gasteiger partial charge in [0.2, 0.25) is 0 Å². The van der Waals surface area contributed by atoms with E-state index in [-0.39, 0.29) is 11.6 Å². The van der Waals surface area contributed by atoms with Crippen LogP contribution in [-0.2, 0) is 0 Å². The number of likely N-dealkylation sites (N-methyl/N-ethyl adjacent to an activating group) is 1. The number of nitrogens with zero attached hydrogens (tertiary/aromatic N) is 2. The molecule has 2 saturated heterocycles. The molecule has 2 aliphatic heterocycles. The molecule has 2 rings (SSSR count). The van der Waals surface area contributed by atoms with E-state index in [1.165, 1.54) is 25.8 Å². The molecule has 0 aliphatic carbocycles. The normalized spacial score (nSPS) is 32.3. The molecule has 1 unspecified atom stereocenters. The van der Waals surface area contributed by atoms with Crippen molar-refractivity contribution < 1.29 is 4.79 Å². The Morgan fingerprint density at radius 3 is 2.53 bits per heavy atom. The number of hydrogen-bond donors (Lipinski definition) is 1. The third kappa shape index (κ3) is 1.83. The van der Waals surface area contributed by atoms with Crippen LogP contribution in [0.25, 0.3) is 0 Å². The summed E-state index contributed by atoms with van der Waals surface area (Å²) in [5.41, 5.74) is 0.132. The predicted octanol–water partition coefficient (Wildman–Crippen LogP) is 0.886. The van der Waals surface area contributed by atoms with E-state index in [2.05, 4.69) is 22.2 Å². The van der Waals surface area contributed by atoms with Crippen LogP contribution in [0.5, 0.6) is 0 Å². The molecule has 0 aromatic heterocycles. The fourth-order valence-corrected chi connectivity index (χ4v) is 3.15. The van der Waals surface area contributed by atoms with Gasteiger partial charge in [0.05, 0.1) is 5.54 Å². The van der Waals surface area contributed by atoms with E-state index < -0.39 is 0 Å². The van der Waals surface area contributed by atoms with Crippen LogP contribution in [0.4, 0.5) is 4.79 Å². The van der Waals surface area contributed by atoms with Crippen molar-refractivity contribution >= 4 is 6.03 Å². The van der Waals surface area contributed by atoms with Crippen LogP contribution in [0.2, 0.25) is 0 Å². The predicted molar refractivity (Wildman–Crippen MR) is 59.9 cm³/mol. The van der Waals surface area contributed by atoms with E-state index in [0.717, 1.165) is 19.5 Å². The van der Waals surface area contributed by atoms with Gasteiger partial charge in [-0.1, -0.05) is 0 Å². The Labute approximate surface area is 91.6 Å². The summed E-state index contributed by atoms with van der Waals surface area (Å²) >= 11 is 0. The lowest BCUT2D eigenvalue weighted by atomic mass is 9.87. The van der Waals surface area contributed by atoms with Crippen molar-refractivity contribution in [2.24, 2.45) is 0 Å². The Balaban J connectivity index is 2.14. The third-order valence-corrected chi connectivity index (χ3v) is 3.80. The van der Waals surface area contributed by atoms with Crippen molar-refractivity contribution in [3.8, 4) is 0 Å². The number of likely N-dealkylation sites (tertiary alicyclic amines) is 2. The number of hydrogen-bond acceptors (Lipinski definition) is 2. The van der Waals surface area contributed by atoms with Gasteiger partial charge in [0, 0.05) is 20.1 Å². The maximum absolute atomic E-state index is 11.8. The van der Waals surface area contributed by atoms with Crippen LogP contribution in [0.15, 0.2) is 0 Å². The highest BCUT2D eigenvalue weighted by molar-refractivity contribution is 5.75. The number of nitrogens with one attached hydrogen (secondary N) is 1. The second kappa shape index (κ2) is 4.00. The first-order valence-electron chi connectivity index (χ1n) is 5.86. The minimum atomic E-state index is 0.0998. The summed E-state index contributed by atoms with van der Waals surface area (Å²) in [5, 5.41) is 2.76. The molecule has 0 bridgehead atoms. The molecule has 2 fully saturated rings. The van der Waals surface area contributed by atoms with E-state index in [9.17, 15) is 4.79 Å². The SMILES string of the molecule is CNC(=O)N1CCCC12CCCN(C)C2. The highest BCUT2D eigenvalue weighted by Crippen LogP contribution is 2.36. The molecule has 0 saturated carbocycles. The molecule has 4 nitrogen and oxygen atoms in total. The van der Waals surface area contributed by atoms with Gasteiger partial charge in [-0.3, -0.25) is 0 Å². The fraction of sp³-hybridized carbons (Fsp3) is 0.909. The van der Waals surface area contributed by atoms with Crippen LogP contribution in [0.1, 0.15) is 25.7 Å². The summed E-state index contributed by atoms with van der Waals surface area (Å²) in [4.78, 5) is 16.2. The van der Waals surface area contributed by atoms with Crippen molar-refractivity contribution in [3.63, 3.8) is 0 Å². The molecule has 2 heterocycles. The number of amides is 2. The monoisotopic (exact) mass is 211 g/mol. The van der Waals surface area contributed by atoms with Gasteiger partial charge in [-0.05, 0) is 39.3 Å². The van der Waals surface area contributed by atoms with Crippen molar-refractivity contribution in [2.45, 2.75) is 31.2 Å². The average molecular weight is 211 g/mol. The zero-order chi connectivity index (χ0) is 10.9. The standard InChI is InChI=1S/C11H21N3O/c1-12-10(15)14-8-4-6-11(14)5-3-7-13(2)9-11/h3-9H2,1-2H3,(H,12,15). The minimum absolute atomic E-state index is 0.0998. The summed E-state index contributed by atoms with van der Waals surface area (Å²) in [6, 6.07) is 0.0998. The van der Waals surface area contributed by atoms with Gasteiger partial charge in [0.1, 0.15) is 0 Å². The van der Waals surface area contributed by atoms with Crippen molar-refractivity contribution in [1.29, 1.82) is 0 Å². The van der Waals surface area contributed by atoms with Crippen LogP contribution < -0.4 is 5.32 Å². The number of urea groups is 1. The van der Waals surface area contributed by atoms with Crippen molar-refractivity contribution in [1.82, 2.24) is 15.1 Å². The van der Waals surface area contributed by atoms with Gasteiger partial charge in [-0.2, -0.15) is 0 Å². The fourth-order valence-electron chi connectivity index (χ4n) is 3.15. The zero-order valence-corrected chi connectivity index (χ0v) is 9.75. The third-order valence-electron chi connectivity index (χ3n) is 3.80. The minimum Gasteiger partial charge on any atom is -0.341 e. The number of carbonyl (C=O) groups excluding carboxylic acids is 1. The van der Waals surface area contributed by atoms with Gasteiger partial charge in [0.15, 0.2) is 0 Å². The average Bonchev–Trinajstić information content (AvgIpc) is 2.60. The second-order valence-corrected chi connectivity index (χ2v) is 4.88. The first-order chi connectivity index (χ1) is 7.18. The molecule has 15 heavy (non-hydrogen) atoms. The Hall–Kier alpha value is -0.770. The Kier molecular flexibility index (Phi) is 2.87. The molecule has 2 aliphatic rings. The Bertz CT molecular complexity index is 256. The molecule has 0 aromatic rings. The quantitative estimate of drug-likeness (QED) is 0.646. The summed E-state index contributed by atoms with van der Waals surface area (Å²) < 4.78 is 0. The van der Waals surface area contributed by atoms with Crippen molar-refractivity contribution in [3.05, 3.63) is 0 Å². The topological polar surface area (TPSA) is 35.6 Å². The van der Waals surface area contributed by atoms with Crippen LogP contribution in [0.3, 0.4) is 0 Å². The van der Waals surface area contributed by atoms with E-state index in [1.54, 1.807) is 7.05 Å². The van der Waals surface area contributed by atoms with Gasteiger partial charge < -0.3 is 15.1 Å². The van der Waals surface area contributed by atoms with Gasteiger partial charge >= 0.3 is 6.03 Å². The molecule has 86 valence electrons. The maximum atomic E-state index is 11.8. The van der Waals surface area contributed by atoms with E-state index in [4.69, 9.17) is 0 Å². The second-order valence-electron chi connectivity index (χ2n) is 4.88. The molecule has 1 atom stereocenters. The molecule has 2 amide bonds. The first-order valence-corrected chi connectivity index (χ1v) is 5.86. The van der Waals surface area contributed by atoms with Gasteiger partial charge in [-0.15, -0.1) is 0 Å². The zero-order valence-electron chi connectivity index (χ0n) is 9.75. The van der Waals surface area contributed by atoms with Crippen LogP contribution >= 0.6 is 0 Å². The Morgan fingerprint density at radius 1 is 1.27 bits per heavy atom. The van der Waals surface area contributed by atoms with Crippen LogP contribution in [0, 0.1) is 0 Å². The van der Waals surface area contributed by atoms with E-state index in [0.29, 0.717) is 0 Å². The molecule has 1 N–H and O–H groups in total. The number of carbonyl (C=O) groups is 1. The molecular weight excluding hydrogens is 190 g/mol. The smallest absolute Gasteiger partial charge is 0.317 e. The molecular formula is C11H21N3O. The van der Waals surface area contributed by atoms with Gasteiger partial charge in [0.25, 0.3) is 0 Å². The summed E-state index contributed by atoms with van der Waals surface area (Å²) in [6.07, 6.45) is 4.71. The van der Waals surface area contributed by atoms with Crippen molar-refractivity contribution in [2.75, 3.05) is 33.7 Å². The van der Waals surface area contributed by atoms with E-state index in [1.807, 2.05) is 0 Å². The highest BCUT2D eigenvalue weighted by Gasteiger charge is 2.45. The summed E-state index contributed by atoms with van der Waals surface area (Å²) in [6.45, 7) is 3.14. The molecule has 4 heteroatoms. The largest absolute Gasteiger partial charge is 0.341 e. The Morgan fingerprint density at radius 2 is 1.93 bits per heavy atom. The van der Waals surface area contributed by atoms with Crippen LogP contribution in [-0.4, -0.2) is 55.1 Å². The lowest BCUT2D eigenvalue weighted by Gasteiger charge is -2.44. The summed E-state index contributed by atoms with van der Waals surface area (Å²) in [7, 11) is 3.88. The first kappa shape index (κ1) is 10.7. The molecule has 0 aromatic carbocycles. The molecule has 0 radical (unpaired) electrons. The molecule has 1 spiro atoms. The number of rotatable bonds is 0. The maximum Gasteiger partial charge on any atom is 0.317 e. The highest BCUT2D eigenvalue weighted by atomic mass is 16.2. The van der Waals surface area contributed by atoms with Gasteiger partial charge in [-0.25, -0.2) is 4.79 Å². The lowest BCUT2D eigenvalue weighted by Crippen LogP contribution is -2.58.